The minimum atomic E-state index is -2.83. The standard InChI is InChI=1S/C8H9NOS2/c1-6-4-3-5-8(7(6)2)12(9,10)11/h3-5H,1-2H2,(H2,9,10,11). The highest BCUT2D eigenvalue weighted by molar-refractivity contribution is 8.31. The summed E-state index contributed by atoms with van der Waals surface area (Å²) in [6.45, 7) is 7.40. The monoisotopic (exact) mass is 199 g/mol. The van der Waals surface area contributed by atoms with Crippen molar-refractivity contribution >= 4 is 33.0 Å². The van der Waals surface area contributed by atoms with Crippen molar-refractivity contribution in [3.8, 4) is 0 Å². The summed E-state index contributed by atoms with van der Waals surface area (Å²) in [6.07, 6.45) is 0. The third kappa shape index (κ3) is 1.72. The Bertz CT molecular complexity index is 490. The molecule has 2 N–H and O–H groups in total. The van der Waals surface area contributed by atoms with Crippen molar-refractivity contribution in [2.45, 2.75) is 4.90 Å². The van der Waals surface area contributed by atoms with E-state index in [2.05, 4.69) is 24.3 Å². The van der Waals surface area contributed by atoms with Crippen LogP contribution in [0, 0.1) is 0 Å². The molecule has 0 spiro atoms. The van der Waals surface area contributed by atoms with E-state index in [1.807, 2.05) is 0 Å². The molecule has 2 nitrogen and oxygen atoms in total. The van der Waals surface area contributed by atoms with Gasteiger partial charge in [-0.05, 0) is 16.5 Å². The van der Waals surface area contributed by atoms with Gasteiger partial charge in [-0.15, -0.1) is 0 Å². The smallest absolute Gasteiger partial charge is 0.117 e. The summed E-state index contributed by atoms with van der Waals surface area (Å²) in [5.74, 6) is 0. The van der Waals surface area contributed by atoms with E-state index in [1.165, 1.54) is 0 Å². The predicted molar refractivity (Wildman–Crippen MR) is 54.7 cm³/mol. The van der Waals surface area contributed by atoms with Gasteiger partial charge in [0.05, 0.1) is 4.90 Å². The Morgan fingerprint density at radius 1 is 1.42 bits per heavy atom. The first kappa shape index (κ1) is 9.38. The Morgan fingerprint density at radius 3 is 2.42 bits per heavy atom. The molecule has 0 aliphatic heterocycles. The molecular formula is C8H9NOS2. The molecule has 4 heteroatoms. The van der Waals surface area contributed by atoms with Gasteiger partial charge in [-0.1, -0.05) is 25.3 Å². The lowest BCUT2D eigenvalue weighted by Crippen LogP contribution is -2.29. The molecule has 0 aliphatic carbocycles. The zero-order valence-corrected chi connectivity index (χ0v) is 8.08. The second-order valence-corrected chi connectivity index (χ2v) is 5.45. The summed E-state index contributed by atoms with van der Waals surface area (Å²) in [5.41, 5.74) is 0. The molecule has 0 bridgehead atoms. The normalized spacial score (nSPS) is 15.4. The fourth-order valence-electron chi connectivity index (χ4n) is 0.878. The summed E-state index contributed by atoms with van der Waals surface area (Å²) in [5, 5.41) is 6.57. The summed E-state index contributed by atoms with van der Waals surface area (Å²) in [6, 6.07) is 5.10. The van der Waals surface area contributed by atoms with Crippen molar-refractivity contribution in [1.82, 2.24) is 0 Å². The third-order valence-corrected chi connectivity index (χ3v) is 3.07. The van der Waals surface area contributed by atoms with Crippen LogP contribution in [-0.4, -0.2) is 4.21 Å². The predicted octanol–water partition coefficient (Wildman–Crippen LogP) is -0.514. The molecule has 0 aromatic heterocycles. The van der Waals surface area contributed by atoms with Gasteiger partial charge in [-0.3, -0.25) is 0 Å². The fourth-order valence-corrected chi connectivity index (χ4v) is 2.09. The summed E-state index contributed by atoms with van der Waals surface area (Å²) < 4.78 is 11.3. The molecule has 1 aromatic carbocycles. The van der Waals surface area contributed by atoms with Gasteiger partial charge < -0.3 is 0 Å². The Labute approximate surface area is 76.2 Å². The lowest BCUT2D eigenvalue weighted by atomic mass is 10.3. The quantitative estimate of drug-likeness (QED) is 0.662. The van der Waals surface area contributed by atoms with Gasteiger partial charge in [-0.25, -0.2) is 9.35 Å². The molecule has 1 atom stereocenters. The van der Waals surface area contributed by atoms with Crippen LogP contribution in [0.4, 0.5) is 0 Å². The molecule has 0 saturated heterocycles. The minimum Gasteiger partial charge on any atom is -0.247 e. The van der Waals surface area contributed by atoms with E-state index in [0.717, 1.165) is 0 Å². The van der Waals surface area contributed by atoms with Crippen LogP contribution in [0.3, 0.4) is 0 Å². The number of benzene rings is 1. The van der Waals surface area contributed by atoms with Crippen LogP contribution in [0.2, 0.25) is 0 Å². The topological polar surface area (TPSA) is 43.1 Å². The van der Waals surface area contributed by atoms with Crippen LogP contribution in [0.5, 0.6) is 0 Å². The van der Waals surface area contributed by atoms with E-state index in [4.69, 9.17) is 5.14 Å². The Morgan fingerprint density at radius 2 is 2.00 bits per heavy atom. The second-order valence-electron chi connectivity index (χ2n) is 2.44. The highest BCUT2D eigenvalue weighted by Crippen LogP contribution is 1.95. The van der Waals surface area contributed by atoms with Crippen LogP contribution < -0.4 is 15.6 Å². The van der Waals surface area contributed by atoms with E-state index in [-0.39, 0.29) is 0 Å². The SMILES string of the molecule is C=c1cccc(S(N)(=O)=S)c1=C. The van der Waals surface area contributed by atoms with E-state index in [0.29, 0.717) is 15.3 Å². The lowest BCUT2D eigenvalue weighted by Gasteiger charge is -2.00. The largest absolute Gasteiger partial charge is 0.247 e. The van der Waals surface area contributed by atoms with Gasteiger partial charge in [0.15, 0.2) is 0 Å². The van der Waals surface area contributed by atoms with Crippen molar-refractivity contribution in [2.75, 3.05) is 0 Å². The van der Waals surface area contributed by atoms with Crippen molar-refractivity contribution in [3.05, 3.63) is 28.6 Å². The summed E-state index contributed by atoms with van der Waals surface area (Å²) >= 11 is 4.64. The van der Waals surface area contributed by atoms with Crippen molar-refractivity contribution in [3.63, 3.8) is 0 Å². The Balaban J connectivity index is 3.71. The average molecular weight is 199 g/mol. The molecule has 0 amide bonds. The first-order valence-electron chi connectivity index (χ1n) is 3.22. The molecule has 12 heavy (non-hydrogen) atoms. The maximum Gasteiger partial charge on any atom is 0.117 e. The summed E-state index contributed by atoms with van der Waals surface area (Å²) in [7, 11) is -2.83. The highest BCUT2D eigenvalue weighted by atomic mass is 32.8. The van der Waals surface area contributed by atoms with E-state index < -0.39 is 8.68 Å². The maximum absolute atomic E-state index is 11.3. The van der Waals surface area contributed by atoms with E-state index in [1.54, 1.807) is 18.2 Å². The molecule has 1 unspecified atom stereocenters. The van der Waals surface area contributed by atoms with Crippen LogP contribution in [0.1, 0.15) is 0 Å². The number of hydrogen-bond acceptors (Lipinski definition) is 2. The molecule has 1 rings (SSSR count). The van der Waals surface area contributed by atoms with Crippen LogP contribution in [0.25, 0.3) is 13.2 Å². The number of nitrogens with two attached hydrogens (primary N) is 1. The van der Waals surface area contributed by atoms with Crippen molar-refractivity contribution in [2.24, 2.45) is 5.14 Å². The first-order valence-corrected chi connectivity index (χ1v) is 5.77. The van der Waals surface area contributed by atoms with Gasteiger partial charge in [0, 0.05) is 11.2 Å². The van der Waals surface area contributed by atoms with Gasteiger partial charge in [0.1, 0.15) is 8.68 Å². The zero-order valence-electron chi connectivity index (χ0n) is 6.45. The van der Waals surface area contributed by atoms with Gasteiger partial charge in [-0.2, -0.15) is 0 Å². The number of rotatable bonds is 1. The van der Waals surface area contributed by atoms with E-state index >= 15 is 0 Å². The minimum absolute atomic E-state index is 0.407. The summed E-state index contributed by atoms with van der Waals surface area (Å²) in [4.78, 5) is 0.407. The average Bonchev–Trinajstić information content (AvgIpc) is 1.92. The molecule has 0 fully saturated rings. The van der Waals surface area contributed by atoms with Gasteiger partial charge in [0.25, 0.3) is 0 Å². The lowest BCUT2D eigenvalue weighted by molar-refractivity contribution is 0.682. The first-order chi connectivity index (χ1) is 5.43. The molecule has 1 aromatic rings. The zero-order chi connectivity index (χ0) is 9.35. The highest BCUT2D eigenvalue weighted by Gasteiger charge is 2.03. The molecule has 0 aliphatic rings. The molecule has 0 radical (unpaired) electrons. The van der Waals surface area contributed by atoms with Crippen molar-refractivity contribution in [1.29, 1.82) is 0 Å². The van der Waals surface area contributed by atoms with Gasteiger partial charge >= 0.3 is 0 Å². The third-order valence-electron chi connectivity index (χ3n) is 1.54. The fraction of sp³-hybridized carbons (Fsp3) is 0. The molecule has 64 valence electrons. The maximum atomic E-state index is 11.3. The number of hydrogen-bond donors (Lipinski definition) is 1. The Hall–Kier alpha value is -0.710. The molecular weight excluding hydrogens is 190 g/mol. The Kier molecular flexibility index (Phi) is 2.32. The molecule has 0 heterocycles. The van der Waals surface area contributed by atoms with Crippen molar-refractivity contribution < 1.29 is 4.21 Å². The van der Waals surface area contributed by atoms with Gasteiger partial charge in [0.2, 0.25) is 0 Å². The van der Waals surface area contributed by atoms with Crippen LogP contribution >= 0.6 is 0 Å². The van der Waals surface area contributed by atoms with Crippen LogP contribution in [0.15, 0.2) is 23.1 Å². The van der Waals surface area contributed by atoms with E-state index in [9.17, 15) is 4.21 Å². The van der Waals surface area contributed by atoms with Crippen LogP contribution in [-0.2, 0) is 19.9 Å². The second kappa shape index (κ2) is 2.97. The molecule has 0 saturated carbocycles.